The first-order chi connectivity index (χ1) is 12.4. The van der Waals surface area contributed by atoms with Gasteiger partial charge in [-0.1, -0.05) is 53.6 Å². The molecule has 0 amide bonds. The van der Waals surface area contributed by atoms with Crippen LogP contribution in [0.2, 0.25) is 5.02 Å². The largest absolute Gasteiger partial charge is 0.421 e. The van der Waals surface area contributed by atoms with Crippen LogP contribution >= 0.6 is 11.6 Å². The number of aryl methyl sites for hydroxylation is 1. The van der Waals surface area contributed by atoms with Gasteiger partial charge in [0.1, 0.15) is 0 Å². The summed E-state index contributed by atoms with van der Waals surface area (Å²) in [4.78, 5) is 0. The lowest BCUT2D eigenvalue weighted by molar-refractivity contribution is 0.502. The maximum absolute atomic E-state index is 12.2. The molecule has 1 N–H and O–H groups in total. The van der Waals surface area contributed by atoms with Crippen molar-refractivity contribution >= 4 is 21.6 Å². The first-order valence-corrected chi connectivity index (χ1v) is 10.1. The van der Waals surface area contributed by atoms with E-state index in [1.807, 2.05) is 37.3 Å². The third-order valence-corrected chi connectivity index (χ3v) is 5.36. The predicted octanol–water partition coefficient (Wildman–Crippen LogP) is 3.36. The van der Waals surface area contributed by atoms with E-state index in [1.165, 1.54) is 0 Å². The molecule has 1 aromatic heterocycles. The number of nitrogens with zero attached hydrogens (tertiary/aromatic N) is 2. The second-order valence-electron chi connectivity index (χ2n) is 5.87. The van der Waals surface area contributed by atoms with Crippen molar-refractivity contribution in [3.63, 3.8) is 0 Å². The molecular weight excluding hydrogens is 374 g/mol. The molecule has 0 spiro atoms. The van der Waals surface area contributed by atoms with Crippen molar-refractivity contribution in [3.8, 4) is 11.5 Å². The monoisotopic (exact) mass is 391 g/mol. The molecule has 0 bridgehead atoms. The molecule has 0 aliphatic carbocycles. The maximum Gasteiger partial charge on any atom is 0.249 e. The van der Waals surface area contributed by atoms with Gasteiger partial charge in [0.2, 0.25) is 21.8 Å². The first-order valence-electron chi connectivity index (χ1n) is 8.03. The van der Waals surface area contributed by atoms with Gasteiger partial charge in [-0.05, 0) is 24.6 Å². The Morgan fingerprint density at radius 3 is 2.69 bits per heavy atom. The molecule has 8 heteroatoms. The molecule has 0 aliphatic rings. The average Bonchev–Trinajstić information content (AvgIpc) is 3.03. The Kier molecular flexibility index (Phi) is 5.70. The lowest BCUT2D eigenvalue weighted by Crippen LogP contribution is -2.27. The number of nitrogens with one attached hydrogen (secondary N) is 1. The zero-order valence-electron chi connectivity index (χ0n) is 14.1. The highest BCUT2D eigenvalue weighted by atomic mass is 35.5. The Morgan fingerprint density at radius 1 is 1.12 bits per heavy atom. The fraction of sp³-hybridized carbons (Fsp3) is 0.222. The highest BCUT2D eigenvalue weighted by Crippen LogP contribution is 2.26. The van der Waals surface area contributed by atoms with Crippen LogP contribution in [0, 0.1) is 6.92 Å². The van der Waals surface area contributed by atoms with Crippen LogP contribution < -0.4 is 4.72 Å². The number of benzene rings is 2. The Morgan fingerprint density at radius 2 is 1.92 bits per heavy atom. The third-order valence-electron chi connectivity index (χ3n) is 3.67. The Hall–Kier alpha value is -2.22. The lowest BCUT2D eigenvalue weighted by atomic mass is 10.2. The quantitative estimate of drug-likeness (QED) is 0.667. The van der Waals surface area contributed by atoms with E-state index >= 15 is 0 Å². The average molecular weight is 392 g/mol. The molecule has 2 aromatic carbocycles. The number of hydrogen-bond donors (Lipinski definition) is 1. The van der Waals surface area contributed by atoms with Crippen molar-refractivity contribution in [2.24, 2.45) is 0 Å². The molecular formula is C18H18ClN3O3S. The molecule has 6 nitrogen and oxygen atoms in total. The van der Waals surface area contributed by atoms with Gasteiger partial charge in [0.15, 0.2) is 0 Å². The van der Waals surface area contributed by atoms with Gasteiger partial charge in [0.25, 0.3) is 0 Å². The van der Waals surface area contributed by atoms with Crippen molar-refractivity contribution in [1.29, 1.82) is 0 Å². The van der Waals surface area contributed by atoms with Crippen molar-refractivity contribution in [2.75, 3.05) is 6.54 Å². The van der Waals surface area contributed by atoms with Gasteiger partial charge >= 0.3 is 0 Å². The fourth-order valence-corrected chi connectivity index (χ4v) is 3.83. The molecule has 136 valence electrons. The second-order valence-corrected chi connectivity index (χ2v) is 8.09. The molecule has 26 heavy (non-hydrogen) atoms. The smallest absolute Gasteiger partial charge is 0.249 e. The highest BCUT2D eigenvalue weighted by molar-refractivity contribution is 7.88. The lowest BCUT2D eigenvalue weighted by Gasteiger charge is -2.06. The van der Waals surface area contributed by atoms with Gasteiger partial charge in [-0.15, -0.1) is 10.2 Å². The van der Waals surface area contributed by atoms with Crippen molar-refractivity contribution < 1.29 is 12.8 Å². The van der Waals surface area contributed by atoms with E-state index in [0.29, 0.717) is 28.8 Å². The molecule has 1 heterocycles. The first kappa shape index (κ1) is 18.6. The fourth-order valence-electron chi connectivity index (χ4n) is 2.48. The second kappa shape index (κ2) is 7.99. The molecule has 3 aromatic rings. The molecule has 0 saturated heterocycles. The summed E-state index contributed by atoms with van der Waals surface area (Å²) in [6.07, 6.45) is 0.296. The zero-order valence-corrected chi connectivity index (χ0v) is 15.7. The standard InChI is InChI=1S/C18H18ClN3O3S/c1-13-5-4-6-14(11-13)12-26(23,24)20-10-9-17-21-22-18(25-17)15-7-2-3-8-16(15)19/h2-8,11,20H,9-10,12H2,1H3. The van der Waals surface area contributed by atoms with Gasteiger partial charge in [-0.2, -0.15) is 0 Å². The molecule has 0 saturated carbocycles. The normalized spacial score (nSPS) is 11.6. The molecule has 0 unspecified atom stereocenters. The summed E-state index contributed by atoms with van der Waals surface area (Å²) in [5.74, 6) is 0.593. The summed E-state index contributed by atoms with van der Waals surface area (Å²) in [6.45, 7) is 2.11. The SMILES string of the molecule is Cc1cccc(CS(=O)(=O)NCCc2nnc(-c3ccccc3Cl)o2)c1. The van der Waals surface area contributed by atoms with E-state index in [9.17, 15) is 8.42 Å². The number of hydrogen-bond acceptors (Lipinski definition) is 5. The Bertz CT molecular complexity index is 1000. The van der Waals surface area contributed by atoms with Gasteiger partial charge in [0, 0.05) is 13.0 Å². The molecule has 0 fully saturated rings. The summed E-state index contributed by atoms with van der Waals surface area (Å²) in [6, 6.07) is 14.6. The molecule has 0 radical (unpaired) electrons. The van der Waals surface area contributed by atoms with Crippen molar-refractivity contribution in [1.82, 2.24) is 14.9 Å². The van der Waals surface area contributed by atoms with Crippen LogP contribution in [-0.2, 0) is 22.2 Å². The summed E-state index contributed by atoms with van der Waals surface area (Å²) in [7, 11) is -3.43. The number of halogens is 1. The van der Waals surface area contributed by atoms with E-state index in [0.717, 1.165) is 11.1 Å². The van der Waals surface area contributed by atoms with E-state index in [2.05, 4.69) is 14.9 Å². The molecule has 0 atom stereocenters. The van der Waals surface area contributed by atoms with Crippen molar-refractivity contribution in [2.45, 2.75) is 19.1 Å². The van der Waals surface area contributed by atoms with Gasteiger partial charge in [-0.25, -0.2) is 13.1 Å². The Labute approximate surface area is 157 Å². The zero-order chi connectivity index (χ0) is 18.6. The summed E-state index contributed by atoms with van der Waals surface area (Å²) in [5, 5.41) is 8.42. The summed E-state index contributed by atoms with van der Waals surface area (Å²) < 4.78 is 32.5. The van der Waals surface area contributed by atoms with Crippen molar-refractivity contribution in [3.05, 3.63) is 70.6 Å². The maximum atomic E-state index is 12.2. The van der Waals surface area contributed by atoms with Crippen LogP contribution in [0.4, 0.5) is 0 Å². The third kappa shape index (κ3) is 4.91. The number of sulfonamides is 1. The van der Waals surface area contributed by atoms with Crippen LogP contribution in [0.15, 0.2) is 52.9 Å². The van der Waals surface area contributed by atoms with Gasteiger partial charge in [0.05, 0.1) is 16.3 Å². The van der Waals surface area contributed by atoms with Crippen LogP contribution in [0.3, 0.4) is 0 Å². The summed E-state index contributed by atoms with van der Waals surface area (Å²) >= 11 is 6.10. The minimum absolute atomic E-state index is 0.0661. The molecule has 0 aliphatic heterocycles. The minimum Gasteiger partial charge on any atom is -0.421 e. The van der Waals surface area contributed by atoms with E-state index in [-0.39, 0.29) is 12.3 Å². The topological polar surface area (TPSA) is 85.1 Å². The number of rotatable bonds is 7. The summed E-state index contributed by atoms with van der Waals surface area (Å²) in [5.41, 5.74) is 2.42. The van der Waals surface area contributed by atoms with Crippen LogP contribution in [0.25, 0.3) is 11.5 Å². The van der Waals surface area contributed by atoms with Crippen LogP contribution in [0.1, 0.15) is 17.0 Å². The molecule has 3 rings (SSSR count). The van der Waals surface area contributed by atoms with E-state index in [1.54, 1.807) is 18.2 Å². The highest BCUT2D eigenvalue weighted by Gasteiger charge is 2.14. The van der Waals surface area contributed by atoms with Crippen LogP contribution in [-0.4, -0.2) is 25.2 Å². The minimum atomic E-state index is -3.43. The van der Waals surface area contributed by atoms with Crippen LogP contribution in [0.5, 0.6) is 0 Å². The van der Waals surface area contributed by atoms with E-state index < -0.39 is 10.0 Å². The van der Waals surface area contributed by atoms with Gasteiger partial charge in [-0.3, -0.25) is 0 Å². The Balaban J connectivity index is 1.57. The number of aromatic nitrogens is 2. The predicted molar refractivity (Wildman–Crippen MR) is 100 cm³/mol. The van der Waals surface area contributed by atoms with Gasteiger partial charge < -0.3 is 4.42 Å². The van der Waals surface area contributed by atoms with E-state index in [4.69, 9.17) is 16.0 Å².